The third-order valence-electron chi connectivity index (χ3n) is 11.3. The summed E-state index contributed by atoms with van der Waals surface area (Å²) in [6.45, 7) is 4.75. The first-order chi connectivity index (χ1) is 27.0. The van der Waals surface area contributed by atoms with E-state index < -0.39 is 0 Å². The second-order valence-electron chi connectivity index (χ2n) is 15.0. The molecule has 1 aliphatic rings. The molecule has 262 valence electrons. The Morgan fingerprint density at radius 1 is 0.382 bits per heavy atom. The van der Waals surface area contributed by atoms with Gasteiger partial charge in [0.25, 0.3) is 0 Å². The molecule has 0 bridgehead atoms. The van der Waals surface area contributed by atoms with E-state index in [2.05, 4.69) is 219 Å². The fourth-order valence-corrected chi connectivity index (χ4v) is 9.81. The largest absolute Gasteiger partial charge is 0.311 e. The lowest BCUT2D eigenvalue weighted by molar-refractivity contribution is 0.667. The molecule has 1 aromatic heterocycles. The first-order valence-corrected chi connectivity index (χ1v) is 19.8. The van der Waals surface area contributed by atoms with Crippen LogP contribution >= 0.6 is 11.3 Å². The smallest absolute Gasteiger partial charge is 0.0462 e. The van der Waals surface area contributed by atoms with Crippen LogP contribution < -0.4 is 4.90 Å². The summed E-state index contributed by atoms with van der Waals surface area (Å²) in [5, 5.41) is 1.39. The number of benzene rings is 8. The van der Waals surface area contributed by atoms with Crippen LogP contribution in [0.15, 0.2) is 200 Å². The summed E-state index contributed by atoms with van der Waals surface area (Å²) in [5.41, 5.74) is 17.4. The van der Waals surface area contributed by atoms with Crippen LogP contribution in [0.5, 0.6) is 0 Å². The summed E-state index contributed by atoms with van der Waals surface area (Å²) in [4.78, 5) is 3.76. The van der Waals surface area contributed by atoms with E-state index in [1.165, 1.54) is 76.2 Å². The highest BCUT2D eigenvalue weighted by molar-refractivity contribution is 7.22. The van der Waals surface area contributed by atoms with Gasteiger partial charge in [0, 0.05) is 32.1 Å². The lowest BCUT2D eigenvalue weighted by Gasteiger charge is -2.26. The van der Waals surface area contributed by atoms with E-state index >= 15 is 0 Å². The Labute approximate surface area is 327 Å². The maximum atomic E-state index is 2.41. The van der Waals surface area contributed by atoms with Crippen LogP contribution in [0, 0.1) is 0 Å². The number of fused-ring (bicyclic) bond motifs is 5. The molecule has 0 radical (unpaired) electrons. The van der Waals surface area contributed by atoms with Gasteiger partial charge in [-0.1, -0.05) is 166 Å². The van der Waals surface area contributed by atoms with Crippen molar-refractivity contribution < 1.29 is 0 Å². The third-order valence-corrected chi connectivity index (χ3v) is 12.5. The lowest BCUT2D eigenvalue weighted by atomic mass is 9.81. The van der Waals surface area contributed by atoms with Crippen molar-refractivity contribution in [2.75, 3.05) is 4.90 Å². The lowest BCUT2D eigenvalue weighted by Crippen LogP contribution is -2.14. The topological polar surface area (TPSA) is 3.24 Å². The monoisotopic (exact) mass is 721 g/mol. The Hall–Kier alpha value is -6.48. The molecule has 8 aromatic carbocycles. The molecule has 2 heteroatoms. The van der Waals surface area contributed by atoms with E-state index in [-0.39, 0.29) is 5.41 Å². The number of nitrogens with zero attached hydrogens (tertiary/aromatic N) is 1. The second kappa shape index (κ2) is 13.4. The van der Waals surface area contributed by atoms with Crippen molar-refractivity contribution in [3.05, 3.63) is 211 Å². The summed E-state index contributed by atoms with van der Waals surface area (Å²) >= 11 is 1.93. The molecule has 0 amide bonds. The van der Waals surface area contributed by atoms with Crippen LogP contribution in [0.1, 0.15) is 25.0 Å². The Kier molecular flexibility index (Phi) is 8.08. The molecule has 0 aliphatic heterocycles. The molecular weight excluding hydrogens is 683 g/mol. The van der Waals surface area contributed by atoms with Gasteiger partial charge in [0.05, 0.1) is 0 Å². The zero-order chi connectivity index (χ0) is 36.9. The molecular formula is C53H39NS. The molecule has 1 aliphatic carbocycles. The zero-order valence-corrected chi connectivity index (χ0v) is 31.7. The van der Waals surface area contributed by atoms with Crippen molar-refractivity contribution in [1.29, 1.82) is 0 Å². The molecule has 1 nitrogen and oxygen atoms in total. The number of hydrogen-bond acceptors (Lipinski definition) is 2. The van der Waals surface area contributed by atoms with Gasteiger partial charge < -0.3 is 4.90 Å². The van der Waals surface area contributed by atoms with Gasteiger partial charge in [-0.05, 0) is 115 Å². The van der Waals surface area contributed by atoms with Crippen molar-refractivity contribution in [1.82, 2.24) is 0 Å². The minimum absolute atomic E-state index is 0.00831. The molecule has 0 spiro atoms. The average molecular weight is 722 g/mol. The van der Waals surface area contributed by atoms with E-state index in [0.29, 0.717) is 0 Å². The molecule has 0 unspecified atom stereocenters. The zero-order valence-electron chi connectivity index (χ0n) is 30.9. The fraction of sp³-hybridized carbons (Fsp3) is 0.0566. The van der Waals surface area contributed by atoms with Gasteiger partial charge >= 0.3 is 0 Å². The van der Waals surface area contributed by atoms with E-state index in [9.17, 15) is 0 Å². The maximum absolute atomic E-state index is 2.41. The van der Waals surface area contributed by atoms with Gasteiger partial charge in [-0.15, -0.1) is 11.3 Å². The highest BCUT2D eigenvalue weighted by Crippen LogP contribution is 2.56. The Balaban J connectivity index is 0.952. The van der Waals surface area contributed by atoms with Crippen LogP contribution in [-0.4, -0.2) is 0 Å². The Bertz CT molecular complexity index is 2690. The summed E-state index contributed by atoms with van der Waals surface area (Å²) in [7, 11) is 0. The molecule has 10 rings (SSSR count). The van der Waals surface area contributed by atoms with Gasteiger partial charge in [0.2, 0.25) is 0 Å². The minimum Gasteiger partial charge on any atom is -0.311 e. The normalized spacial score (nSPS) is 12.7. The first-order valence-electron chi connectivity index (χ1n) is 19.0. The van der Waals surface area contributed by atoms with Crippen molar-refractivity contribution >= 4 is 38.5 Å². The summed E-state index contributed by atoms with van der Waals surface area (Å²) in [6, 6.07) is 72.9. The van der Waals surface area contributed by atoms with Crippen molar-refractivity contribution in [2.24, 2.45) is 0 Å². The predicted octanol–water partition coefficient (Wildman–Crippen LogP) is 15.3. The summed E-state index contributed by atoms with van der Waals surface area (Å²) in [6.07, 6.45) is 0. The number of hydrogen-bond donors (Lipinski definition) is 0. The van der Waals surface area contributed by atoms with E-state index in [1.807, 2.05) is 11.3 Å². The number of rotatable bonds is 7. The molecule has 0 N–H and O–H groups in total. The fourth-order valence-electron chi connectivity index (χ4n) is 8.42. The van der Waals surface area contributed by atoms with Gasteiger partial charge in [-0.2, -0.15) is 0 Å². The Morgan fingerprint density at radius 3 is 1.25 bits per heavy atom. The molecule has 0 saturated carbocycles. The second-order valence-corrected chi connectivity index (χ2v) is 16.0. The van der Waals surface area contributed by atoms with Crippen molar-refractivity contribution in [3.63, 3.8) is 0 Å². The minimum atomic E-state index is -0.00831. The van der Waals surface area contributed by atoms with Crippen molar-refractivity contribution in [3.8, 4) is 54.9 Å². The van der Waals surface area contributed by atoms with Crippen LogP contribution in [0.2, 0.25) is 0 Å². The average Bonchev–Trinajstić information content (AvgIpc) is 3.75. The van der Waals surface area contributed by atoms with E-state index in [1.54, 1.807) is 0 Å². The molecule has 0 saturated heterocycles. The molecule has 9 aromatic rings. The summed E-state index contributed by atoms with van der Waals surface area (Å²) < 4.78 is 1.37. The first kappa shape index (κ1) is 33.1. The van der Waals surface area contributed by atoms with Crippen LogP contribution in [-0.2, 0) is 5.41 Å². The number of thiophene rings is 1. The quantitative estimate of drug-likeness (QED) is 0.158. The molecule has 0 atom stereocenters. The van der Waals surface area contributed by atoms with Gasteiger partial charge in [0.1, 0.15) is 0 Å². The van der Waals surface area contributed by atoms with E-state index in [0.717, 1.165) is 17.1 Å². The summed E-state index contributed by atoms with van der Waals surface area (Å²) in [5.74, 6) is 0. The van der Waals surface area contributed by atoms with E-state index in [4.69, 9.17) is 0 Å². The SMILES string of the molecule is CC1(C)c2ccc(-c3ccc(-c4ccc(N(c5ccc(-c6ccccc6)cc5)c5ccc(-c6ccccc6)cc5)cc4)cc3)cc2-c2sc3ccccc3c21. The molecule has 1 heterocycles. The van der Waals surface area contributed by atoms with Gasteiger partial charge in [-0.3, -0.25) is 0 Å². The molecule has 0 fully saturated rings. The maximum Gasteiger partial charge on any atom is 0.0462 e. The van der Waals surface area contributed by atoms with Gasteiger partial charge in [-0.25, -0.2) is 0 Å². The van der Waals surface area contributed by atoms with Gasteiger partial charge in [0.15, 0.2) is 0 Å². The highest BCUT2D eigenvalue weighted by atomic mass is 32.1. The van der Waals surface area contributed by atoms with Crippen molar-refractivity contribution in [2.45, 2.75) is 19.3 Å². The van der Waals surface area contributed by atoms with Crippen LogP contribution in [0.25, 0.3) is 65.0 Å². The molecule has 55 heavy (non-hydrogen) atoms. The third kappa shape index (κ3) is 5.87. The van der Waals surface area contributed by atoms with Crippen LogP contribution in [0.3, 0.4) is 0 Å². The number of anilines is 3. The van der Waals surface area contributed by atoms with Crippen LogP contribution in [0.4, 0.5) is 17.1 Å². The highest BCUT2D eigenvalue weighted by Gasteiger charge is 2.38. The predicted molar refractivity (Wildman–Crippen MR) is 236 cm³/mol. The Morgan fingerprint density at radius 2 is 0.764 bits per heavy atom. The standard InChI is InChI=1S/C53H39NS/c1-53(2)49-34-27-43(35-48(49)52-51(53)47-15-9-10-16-50(47)55-52)42-19-17-38(18-20-42)41-25-32-46(33-26-41)54(44-28-21-39(22-29-44)36-11-5-3-6-12-36)45-30-23-40(24-31-45)37-13-7-4-8-14-37/h3-35H,1-2H3.